The second kappa shape index (κ2) is 6.23. The SMILES string of the molecule is Cn1cncc1CNC1CCC(Cc2ccccc2)C1. The number of nitrogens with one attached hydrogen (secondary N) is 1. The monoisotopic (exact) mass is 269 g/mol. The molecule has 0 saturated heterocycles. The molecule has 0 radical (unpaired) electrons. The largest absolute Gasteiger partial charge is 0.337 e. The summed E-state index contributed by atoms with van der Waals surface area (Å²) in [6, 6.07) is 11.5. The van der Waals surface area contributed by atoms with Crippen molar-refractivity contribution in [1.82, 2.24) is 14.9 Å². The highest BCUT2D eigenvalue weighted by Crippen LogP contribution is 2.28. The van der Waals surface area contributed by atoms with Crippen molar-refractivity contribution in [3.8, 4) is 0 Å². The molecule has 0 aliphatic heterocycles. The van der Waals surface area contributed by atoms with Crippen LogP contribution in [0.4, 0.5) is 0 Å². The van der Waals surface area contributed by atoms with Gasteiger partial charge in [0.2, 0.25) is 0 Å². The van der Waals surface area contributed by atoms with Crippen molar-refractivity contribution in [2.24, 2.45) is 13.0 Å². The summed E-state index contributed by atoms with van der Waals surface area (Å²) in [4.78, 5) is 4.16. The van der Waals surface area contributed by atoms with E-state index in [0.29, 0.717) is 6.04 Å². The van der Waals surface area contributed by atoms with Crippen molar-refractivity contribution >= 4 is 0 Å². The number of aryl methyl sites for hydroxylation is 1. The Morgan fingerprint density at radius 1 is 1.25 bits per heavy atom. The summed E-state index contributed by atoms with van der Waals surface area (Å²) in [6.45, 7) is 0.930. The van der Waals surface area contributed by atoms with Gasteiger partial charge in [-0.2, -0.15) is 0 Å². The third-order valence-electron chi connectivity index (χ3n) is 4.40. The van der Waals surface area contributed by atoms with Gasteiger partial charge >= 0.3 is 0 Å². The quantitative estimate of drug-likeness (QED) is 0.904. The van der Waals surface area contributed by atoms with E-state index in [9.17, 15) is 0 Å². The smallest absolute Gasteiger partial charge is 0.0945 e. The number of benzene rings is 1. The van der Waals surface area contributed by atoms with E-state index in [4.69, 9.17) is 0 Å². The number of hydrogen-bond donors (Lipinski definition) is 1. The number of imidazole rings is 1. The highest BCUT2D eigenvalue weighted by atomic mass is 15.0. The molecule has 106 valence electrons. The van der Waals surface area contributed by atoms with Crippen LogP contribution in [0.25, 0.3) is 0 Å². The highest BCUT2D eigenvalue weighted by molar-refractivity contribution is 5.15. The molecule has 3 heteroatoms. The number of rotatable bonds is 5. The molecule has 2 aromatic rings. The lowest BCUT2D eigenvalue weighted by molar-refractivity contribution is 0.478. The van der Waals surface area contributed by atoms with Crippen LogP contribution in [0.1, 0.15) is 30.5 Å². The fourth-order valence-electron chi connectivity index (χ4n) is 3.20. The average Bonchev–Trinajstić information content (AvgIpc) is 3.07. The second-order valence-corrected chi connectivity index (χ2v) is 5.94. The summed E-state index contributed by atoms with van der Waals surface area (Å²) in [5, 5.41) is 3.68. The second-order valence-electron chi connectivity index (χ2n) is 5.94. The van der Waals surface area contributed by atoms with E-state index in [1.54, 1.807) is 0 Å². The first-order valence-electron chi connectivity index (χ1n) is 7.54. The summed E-state index contributed by atoms with van der Waals surface area (Å²) in [6.07, 6.45) is 8.98. The summed E-state index contributed by atoms with van der Waals surface area (Å²) < 4.78 is 2.09. The van der Waals surface area contributed by atoms with Gasteiger partial charge in [-0.05, 0) is 37.2 Å². The lowest BCUT2D eigenvalue weighted by atomic mass is 9.98. The van der Waals surface area contributed by atoms with Crippen molar-refractivity contribution < 1.29 is 0 Å². The Balaban J connectivity index is 1.46. The molecule has 2 atom stereocenters. The number of hydrogen-bond acceptors (Lipinski definition) is 2. The molecular formula is C17H23N3. The fraction of sp³-hybridized carbons (Fsp3) is 0.471. The number of nitrogens with zero attached hydrogens (tertiary/aromatic N) is 2. The van der Waals surface area contributed by atoms with Gasteiger partial charge in [0.1, 0.15) is 0 Å². The molecular weight excluding hydrogens is 246 g/mol. The predicted molar refractivity (Wildman–Crippen MR) is 81.3 cm³/mol. The Bertz CT molecular complexity index is 532. The standard InChI is InChI=1S/C17H23N3/c1-20-13-18-11-17(20)12-19-16-8-7-15(10-16)9-14-5-3-2-4-6-14/h2-6,11,13,15-16,19H,7-10,12H2,1H3. The molecule has 3 rings (SSSR count). The average molecular weight is 269 g/mol. The van der Waals surface area contributed by atoms with Gasteiger partial charge in [-0.15, -0.1) is 0 Å². The van der Waals surface area contributed by atoms with Gasteiger partial charge in [0, 0.05) is 25.8 Å². The maximum atomic E-state index is 4.16. The summed E-state index contributed by atoms with van der Waals surface area (Å²) in [5.74, 6) is 0.835. The Morgan fingerprint density at radius 2 is 2.10 bits per heavy atom. The minimum atomic E-state index is 0.665. The molecule has 0 amide bonds. The molecule has 1 aliphatic rings. The van der Waals surface area contributed by atoms with Crippen molar-refractivity contribution in [2.75, 3.05) is 0 Å². The zero-order valence-corrected chi connectivity index (χ0v) is 12.1. The zero-order chi connectivity index (χ0) is 13.8. The highest BCUT2D eigenvalue weighted by Gasteiger charge is 2.24. The molecule has 1 aliphatic carbocycles. The van der Waals surface area contributed by atoms with Gasteiger partial charge in [-0.3, -0.25) is 0 Å². The van der Waals surface area contributed by atoms with E-state index in [-0.39, 0.29) is 0 Å². The van der Waals surface area contributed by atoms with Crippen molar-refractivity contribution in [2.45, 2.75) is 38.3 Å². The fourth-order valence-corrected chi connectivity index (χ4v) is 3.20. The van der Waals surface area contributed by atoms with Crippen molar-refractivity contribution in [1.29, 1.82) is 0 Å². The first-order valence-corrected chi connectivity index (χ1v) is 7.54. The molecule has 2 unspecified atom stereocenters. The molecule has 1 saturated carbocycles. The molecule has 1 aromatic carbocycles. The van der Waals surface area contributed by atoms with Gasteiger partial charge in [0.25, 0.3) is 0 Å². The maximum Gasteiger partial charge on any atom is 0.0945 e. The Hall–Kier alpha value is -1.61. The van der Waals surface area contributed by atoms with Crippen LogP contribution in [-0.4, -0.2) is 15.6 Å². The zero-order valence-electron chi connectivity index (χ0n) is 12.1. The molecule has 0 spiro atoms. The van der Waals surface area contributed by atoms with Crippen LogP contribution in [-0.2, 0) is 20.0 Å². The molecule has 20 heavy (non-hydrogen) atoms. The maximum absolute atomic E-state index is 4.16. The normalized spacial score (nSPS) is 22.2. The molecule has 1 fully saturated rings. The predicted octanol–water partition coefficient (Wildman–Crippen LogP) is 2.92. The molecule has 0 bridgehead atoms. The molecule has 1 aromatic heterocycles. The van der Waals surface area contributed by atoms with Crippen molar-refractivity contribution in [3.63, 3.8) is 0 Å². The van der Waals surface area contributed by atoms with E-state index >= 15 is 0 Å². The topological polar surface area (TPSA) is 29.9 Å². The minimum Gasteiger partial charge on any atom is -0.337 e. The van der Waals surface area contributed by atoms with E-state index in [2.05, 4.69) is 52.2 Å². The summed E-state index contributed by atoms with van der Waals surface area (Å²) in [7, 11) is 2.05. The van der Waals surface area contributed by atoms with Crippen LogP contribution in [0.2, 0.25) is 0 Å². The van der Waals surface area contributed by atoms with E-state index < -0.39 is 0 Å². The van der Waals surface area contributed by atoms with Crippen molar-refractivity contribution in [3.05, 3.63) is 54.1 Å². The van der Waals surface area contributed by atoms with E-state index in [0.717, 1.165) is 12.5 Å². The third kappa shape index (κ3) is 3.28. The Morgan fingerprint density at radius 3 is 2.85 bits per heavy atom. The summed E-state index contributed by atoms with van der Waals surface area (Å²) >= 11 is 0. The molecule has 3 nitrogen and oxygen atoms in total. The van der Waals surface area contributed by atoms with Gasteiger partial charge < -0.3 is 9.88 Å². The Labute approximate surface area is 121 Å². The van der Waals surface area contributed by atoms with Crippen LogP contribution < -0.4 is 5.32 Å². The third-order valence-corrected chi connectivity index (χ3v) is 4.40. The van der Waals surface area contributed by atoms with Crippen LogP contribution in [0.5, 0.6) is 0 Å². The van der Waals surface area contributed by atoms with Gasteiger partial charge in [0.05, 0.1) is 12.0 Å². The Kier molecular flexibility index (Phi) is 4.16. The first-order chi connectivity index (χ1) is 9.81. The van der Waals surface area contributed by atoms with Crippen LogP contribution >= 0.6 is 0 Å². The van der Waals surface area contributed by atoms with Gasteiger partial charge in [-0.1, -0.05) is 30.3 Å². The lowest BCUT2D eigenvalue weighted by Gasteiger charge is -2.13. The minimum absolute atomic E-state index is 0.665. The van der Waals surface area contributed by atoms with E-state index in [1.165, 1.54) is 36.9 Å². The first kappa shape index (κ1) is 13.4. The van der Waals surface area contributed by atoms with Crippen LogP contribution in [0, 0.1) is 5.92 Å². The van der Waals surface area contributed by atoms with Gasteiger partial charge in [-0.25, -0.2) is 4.98 Å². The summed E-state index contributed by atoms with van der Waals surface area (Å²) in [5.41, 5.74) is 2.74. The van der Waals surface area contributed by atoms with Crippen LogP contribution in [0.15, 0.2) is 42.9 Å². The molecule has 1 N–H and O–H groups in total. The van der Waals surface area contributed by atoms with Crippen LogP contribution in [0.3, 0.4) is 0 Å². The number of aromatic nitrogens is 2. The molecule has 1 heterocycles. The van der Waals surface area contributed by atoms with Gasteiger partial charge in [0.15, 0.2) is 0 Å². The van der Waals surface area contributed by atoms with E-state index in [1.807, 2.05) is 12.5 Å². The lowest BCUT2D eigenvalue weighted by Crippen LogP contribution is -2.26.